The molecule has 0 aromatic carbocycles. The van der Waals surface area contributed by atoms with Crippen LogP contribution in [0.15, 0.2) is 12.3 Å². The Labute approximate surface area is 92.4 Å². The van der Waals surface area contributed by atoms with E-state index in [0.29, 0.717) is 11.8 Å². The van der Waals surface area contributed by atoms with Crippen molar-refractivity contribution in [1.82, 2.24) is 9.78 Å². The molecule has 0 fully saturated rings. The molecule has 0 unspecified atom stereocenters. The first-order valence-corrected chi connectivity index (χ1v) is 5.53. The van der Waals surface area contributed by atoms with Gasteiger partial charge in [0.15, 0.2) is 0 Å². The first-order chi connectivity index (χ1) is 6.80. The highest BCUT2D eigenvalue weighted by Gasteiger charge is 2.16. The predicted molar refractivity (Wildman–Crippen MR) is 62.2 cm³/mol. The molecule has 0 bridgehead atoms. The van der Waals surface area contributed by atoms with E-state index >= 15 is 0 Å². The summed E-state index contributed by atoms with van der Waals surface area (Å²) in [7, 11) is 0. The second kappa shape index (κ2) is 4.25. The minimum Gasteiger partial charge on any atom is -0.473 e. The summed E-state index contributed by atoms with van der Waals surface area (Å²) in [5.74, 6) is 1.22. The maximum absolute atomic E-state index is 5.72. The van der Waals surface area contributed by atoms with Gasteiger partial charge in [0.2, 0.25) is 5.88 Å². The average molecular weight is 210 g/mol. The van der Waals surface area contributed by atoms with Crippen LogP contribution in [0.4, 0.5) is 0 Å². The summed E-state index contributed by atoms with van der Waals surface area (Å²) in [4.78, 5) is 0. The lowest BCUT2D eigenvalue weighted by Crippen LogP contribution is -2.23. The van der Waals surface area contributed by atoms with Crippen LogP contribution in [0.5, 0.6) is 5.88 Å². The number of ether oxygens (including phenoxy) is 1. The summed E-state index contributed by atoms with van der Waals surface area (Å²) in [5, 5.41) is 4.40. The van der Waals surface area contributed by atoms with E-state index in [1.807, 2.05) is 16.9 Å². The van der Waals surface area contributed by atoms with Gasteiger partial charge in [-0.1, -0.05) is 13.8 Å². The third kappa shape index (κ3) is 3.26. The summed E-state index contributed by atoms with van der Waals surface area (Å²) in [5.41, 5.74) is 0.0165. The summed E-state index contributed by atoms with van der Waals surface area (Å²) < 4.78 is 7.65. The Morgan fingerprint density at radius 2 is 1.87 bits per heavy atom. The molecule has 0 amide bonds. The molecule has 0 radical (unpaired) electrons. The largest absolute Gasteiger partial charge is 0.473 e. The zero-order chi connectivity index (χ0) is 11.6. The zero-order valence-corrected chi connectivity index (χ0v) is 10.6. The Bertz CT molecular complexity index is 310. The van der Waals surface area contributed by atoms with Gasteiger partial charge >= 0.3 is 0 Å². The Morgan fingerprint density at radius 1 is 1.27 bits per heavy atom. The van der Waals surface area contributed by atoms with Crippen molar-refractivity contribution in [3.05, 3.63) is 12.3 Å². The Morgan fingerprint density at radius 3 is 2.27 bits per heavy atom. The minimum absolute atomic E-state index is 0.0165. The number of rotatable bonds is 3. The van der Waals surface area contributed by atoms with Crippen molar-refractivity contribution in [1.29, 1.82) is 0 Å². The van der Waals surface area contributed by atoms with Crippen molar-refractivity contribution in [3.63, 3.8) is 0 Å². The molecular weight excluding hydrogens is 188 g/mol. The molecule has 0 saturated heterocycles. The van der Waals surface area contributed by atoms with E-state index in [1.54, 1.807) is 0 Å². The lowest BCUT2D eigenvalue weighted by atomic mass is 10.1. The van der Waals surface area contributed by atoms with Crippen LogP contribution >= 0.6 is 0 Å². The van der Waals surface area contributed by atoms with Gasteiger partial charge < -0.3 is 4.74 Å². The standard InChI is InChI=1S/C12H22N2O/c1-9(2)10(3)15-11-7-8-14(13-11)12(4,5)6/h7-10H,1-6H3/t10-/m0/s1. The molecule has 0 aliphatic rings. The average Bonchev–Trinajstić information content (AvgIpc) is 2.51. The normalized spacial score (nSPS) is 14.3. The monoisotopic (exact) mass is 210 g/mol. The lowest BCUT2D eigenvalue weighted by Gasteiger charge is -2.19. The summed E-state index contributed by atoms with van der Waals surface area (Å²) in [6.45, 7) is 12.7. The molecule has 1 aromatic heterocycles. The van der Waals surface area contributed by atoms with Crippen LogP contribution in [0.3, 0.4) is 0 Å². The van der Waals surface area contributed by atoms with Crippen molar-refractivity contribution in [2.24, 2.45) is 5.92 Å². The second-order valence-electron chi connectivity index (χ2n) is 5.34. The molecule has 0 aliphatic heterocycles. The van der Waals surface area contributed by atoms with Gasteiger partial charge in [0, 0.05) is 12.3 Å². The van der Waals surface area contributed by atoms with Crippen molar-refractivity contribution in [2.75, 3.05) is 0 Å². The van der Waals surface area contributed by atoms with Crippen LogP contribution in [0.2, 0.25) is 0 Å². The fourth-order valence-corrected chi connectivity index (χ4v) is 1.07. The fourth-order valence-electron chi connectivity index (χ4n) is 1.07. The zero-order valence-electron chi connectivity index (χ0n) is 10.6. The molecule has 0 N–H and O–H groups in total. The predicted octanol–water partition coefficient (Wildman–Crippen LogP) is 3.06. The molecule has 1 heterocycles. The van der Waals surface area contributed by atoms with E-state index < -0.39 is 0 Å². The molecule has 15 heavy (non-hydrogen) atoms. The van der Waals surface area contributed by atoms with Crippen LogP contribution < -0.4 is 4.74 Å². The van der Waals surface area contributed by atoms with Gasteiger partial charge in [0.25, 0.3) is 0 Å². The molecule has 3 heteroatoms. The Kier molecular flexibility index (Phi) is 3.42. The fraction of sp³-hybridized carbons (Fsp3) is 0.750. The van der Waals surface area contributed by atoms with Gasteiger partial charge in [-0.2, -0.15) is 0 Å². The SMILES string of the molecule is CC(C)[C@H](C)Oc1ccn(C(C)(C)C)n1. The van der Waals surface area contributed by atoms with Gasteiger partial charge in [-0.25, -0.2) is 0 Å². The van der Waals surface area contributed by atoms with Gasteiger partial charge in [0.1, 0.15) is 0 Å². The van der Waals surface area contributed by atoms with Crippen LogP contribution in [-0.4, -0.2) is 15.9 Å². The molecule has 0 saturated carbocycles. The summed E-state index contributed by atoms with van der Waals surface area (Å²) in [6, 6.07) is 1.92. The first kappa shape index (κ1) is 12.1. The molecular formula is C12H22N2O. The van der Waals surface area contributed by atoms with Crippen LogP contribution in [0, 0.1) is 5.92 Å². The highest BCUT2D eigenvalue weighted by molar-refractivity contribution is 5.07. The topological polar surface area (TPSA) is 27.1 Å². The van der Waals surface area contributed by atoms with Gasteiger partial charge in [-0.05, 0) is 33.6 Å². The number of hydrogen-bond donors (Lipinski definition) is 0. The van der Waals surface area contributed by atoms with E-state index in [1.165, 1.54) is 0 Å². The van der Waals surface area contributed by atoms with E-state index in [-0.39, 0.29) is 11.6 Å². The van der Waals surface area contributed by atoms with E-state index in [2.05, 4.69) is 46.6 Å². The van der Waals surface area contributed by atoms with Gasteiger partial charge in [-0.3, -0.25) is 4.68 Å². The van der Waals surface area contributed by atoms with Crippen LogP contribution in [0.25, 0.3) is 0 Å². The third-order valence-corrected chi connectivity index (χ3v) is 2.50. The van der Waals surface area contributed by atoms with Gasteiger partial charge in [-0.15, -0.1) is 5.10 Å². The van der Waals surface area contributed by atoms with E-state index in [9.17, 15) is 0 Å². The minimum atomic E-state index is 0.0165. The van der Waals surface area contributed by atoms with E-state index in [0.717, 1.165) is 0 Å². The van der Waals surface area contributed by atoms with Crippen molar-refractivity contribution in [3.8, 4) is 5.88 Å². The highest BCUT2D eigenvalue weighted by atomic mass is 16.5. The molecule has 3 nitrogen and oxygen atoms in total. The number of aromatic nitrogens is 2. The highest BCUT2D eigenvalue weighted by Crippen LogP contribution is 2.18. The first-order valence-electron chi connectivity index (χ1n) is 5.53. The number of hydrogen-bond acceptors (Lipinski definition) is 2. The summed E-state index contributed by atoms with van der Waals surface area (Å²) in [6.07, 6.45) is 2.16. The molecule has 1 aromatic rings. The molecule has 0 aliphatic carbocycles. The second-order valence-corrected chi connectivity index (χ2v) is 5.34. The molecule has 0 spiro atoms. The molecule has 1 atom stereocenters. The van der Waals surface area contributed by atoms with Crippen molar-refractivity contribution < 1.29 is 4.74 Å². The number of nitrogens with zero attached hydrogens (tertiary/aromatic N) is 2. The quantitative estimate of drug-likeness (QED) is 0.766. The Hall–Kier alpha value is -0.990. The van der Waals surface area contributed by atoms with Crippen molar-refractivity contribution >= 4 is 0 Å². The lowest BCUT2D eigenvalue weighted by molar-refractivity contribution is 0.159. The maximum atomic E-state index is 5.72. The Balaban J connectivity index is 2.69. The molecule has 1 rings (SSSR count). The van der Waals surface area contributed by atoms with E-state index in [4.69, 9.17) is 4.74 Å². The smallest absolute Gasteiger partial charge is 0.233 e. The van der Waals surface area contributed by atoms with Gasteiger partial charge in [0.05, 0.1) is 11.6 Å². The maximum Gasteiger partial charge on any atom is 0.233 e. The van der Waals surface area contributed by atoms with Crippen LogP contribution in [0.1, 0.15) is 41.5 Å². The third-order valence-electron chi connectivity index (χ3n) is 2.50. The molecule has 86 valence electrons. The summed E-state index contributed by atoms with van der Waals surface area (Å²) >= 11 is 0. The van der Waals surface area contributed by atoms with Crippen LogP contribution in [-0.2, 0) is 5.54 Å². The van der Waals surface area contributed by atoms with Crippen molar-refractivity contribution in [2.45, 2.75) is 53.2 Å².